The highest BCUT2D eigenvalue weighted by atomic mass is 32.1. The van der Waals surface area contributed by atoms with Crippen molar-refractivity contribution in [3.8, 4) is 5.75 Å². The average molecular weight is 322 g/mol. The van der Waals surface area contributed by atoms with E-state index in [0.29, 0.717) is 12.3 Å². The van der Waals surface area contributed by atoms with E-state index in [2.05, 4.69) is 21.7 Å². The van der Waals surface area contributed by atoms with Crippen LogP contribution in [0.15, 0.2) is 41.1 Å². The van der Waals surface area contributed by atoms with Gasteiger partial charge in [0.25, 0.3) is 5.91 Å². The molecule has 6 heteroatoms. The van der Waals surface area contributed by atoms with E-state index in [4.69, 9.17) is 4.74 Å². The van der Waals surface area contributed by atoms with Crippen LogP contribution in [0.2, 0.25) is 0 Å². The van der Waals surface area contributed by atoms with E-state index in [9.17, 15) is 9.18 Å². The Morgan fingerprint density at radius 1 is 1.32 bits per heavy atom. The number of carbonyl (C=O) groups is 1. The number of nitrogens with one attached hydrogen (secondary N) is 1. The van der Waals surface area contributed by atoms with Crippen LogP contribution in [-0.2, 0) is 4.79 Å². The number of hydrogen-bond acceptors (Lipinski definition) is 4. The standard InChI is InChI=1S/C16H19FN2O2S/c1-19(2)15(12-7-8-22-11-12)9-18-16(20)10-21-14-5-3-13(17)4-6-14/h3-8,11,15H,9-10H2,1-2H3,(H,18,20). The highest BCUT2D eigenvalue weighted by molar-refractivity contribution is 7.07. The smallest absolute Gasteiger partial charge is 0.258 e. The maximum Gasteiger partial charge on any atom is 0.258 e. The molecular formula is C16H19FN2O2S. The third-order valence-corrected chi connectivity index (χ3v) is 3.93. The summed E-state index contributed by atoms with van der Waals surface area (Å²) in [5.74, 6) is -0.0636. The minimum Gasteiger partial charge on any atom is -0.484 e. The fraction of sp³-hybridized carbons (Fsp3) is 0.312. The van der Waals surface area contributed by atoms with Crippen LogP contribution in [0.1, 0.15) is 11.6 Å². The summed E-state index contributed by atoms with van der Waals surface area (Å²) in [7, 11) is 3.95. The maximum absolute atomic E-state index is 12.8. The molecular weight excluding hydrogens is 303 g/mol. The zero-order chi connectivity index (χ0) is 15.9. The fourth-order valence-corrected chi connectivity index (χ4v) is 2.71. The molecule has 1 aromatic heterocycles. The number of likely N-dealkylation sites (N-methyl/N-ethyl adjacent to an activating group) is 1. The van der Waals surface area contributed by atoms with Gasteiger partial charge in [-0.3, -0.25) is 4.79 Å². The number of ether oxygens (including phenoxy) is 1. The first kappa shape index (κ1) is 16.5. The first-order chi connectivity index (χ1) is 10.6. The largest absolute Gasteiger partial charge is 0.484 e. The average Bonchev–Trinajstić information content (AvgIpc) is 3.00. The SMILES string of the molecule is CN(C)C(CNC(=O)COc1ccc(F)cc1)c1ccsc1. The zero-order valence-corrected chi connectivity index (χ0v) is 13.4. The molecule has 0 aliphatic heterocycles. The topological polar surface area (TPSA) is 41.6 Å². The van der Waals surface area contributed by atoms with Crippen LogP contribution in [0.25, 0.3) is 0 Å². The number of benzene rings is 1. The van der Waals surface area contributed by atoms with Crippen molar-refractivity contribution in [2.24, 2.45) is 0 Å². The van der Waals surface area contributed by atoms with Gasteiger partial charge in [-0.1, -0.05) is 0 Å². The Hall–Kier alpha value is -1.92. The molecule has 0 saturated carbocycles. The van der Waals surface area contributed by atoms with Crippen LogP contribution in [-0.4, -0.2) is 38.1 Å². The number of thiophene rings is 1. The number of hydrogen-bond donors (Lipinski definition) is 1. The predicted octanol–water partition coefficient (Wildman–Crippen LogP) is 2.69. The van der Waals surface area contributed by atoms with E-state index in [1.165, 1.54) is 29.8 Å². The number of amides is 1. The van der Waals surface area contributed by atoms with Crippen molar-refractivity contribution in [1.29, 1.82) is 0 Å². The van der Waals surface area contributed by atoms with Gasteiger partial charge in [0.2, 0.25) is 0 Å². The number of carbonyl (C=O) groups excluding carboxylic acids is 1. The summed E-state index contributed by atoms with van der Waals surface area (Å²) < 4.78 is 18.1. The molecule has 2 rings (SSSR count). The molecule has 0 aliphatic carbocycles. The third kappa shape index (κ3) is 4.82. The van der Waals surface area contributed by atoms with E-state index in [1.54, 1.807) is 11.3 Å². The Labute approximate surface area is 133 Å². The second-order valence-corrected chi connectivity index (χ2v) is 5.86. The summed E-state index contributed by atoms with van der Waals surface area (Å²) in [6, 6.07) is 7.77. The minimum atomic E-state index is -0.332. The Morgan fingerprint density at radius 3 is 2.64 bits per heavy atom. The summed E-state index contributed by atoms with van der Waals surface area (Å²) in [5.41, 5.74) is 1.18. The van der Waals surface area contributed by atoms with Crippen LogP contribution >= 0.6 is 11.3 Å². The Kier molecular flexibility index (Phi) is 5.91. The highest BCUT2D eigenvalue weighted by Gasteiger charge is 2.15. The zero-order valence-electron chi connectivity index (χ0n) is 12.6. The van der Waals surface area contributed by atoms with Crippen LogP contribution in [0.3, 0.4) is 0 Å². The summed E-state index contributed by atoms with van der Waals surface area (Å²) in [6.45, 7) is 0.421. The van der Waals surface area contributed by atoms with Gasteiger partial charge in [0, 0.05) is 6.54 Å². The molecule has 0 aliphatic rings. The lowest BCUT2D eigenvalue weighted by Gasteiger charge is -2.24. The fourth-order valence-electron chi connectivity index (χ4n) is 2.00. The summed E-state index contributed by atoms with van der Waals surface area (Å²) in [5, 5.41) is 6.95. The molecule has 22 heavy (non-hydrogen) atoms. The molecule has 1 atom stereocenters. The van der Waals surface area contributed by atoms with Gasteiger partial charge in [-0.2, -0.15) is 11.3 Å². The van der Waals surface area contributed by atoms with E-state index >= 15 is 0 Å². The van der Waals surface area contributed by atoms with Crippen molar-refractivity contribution in [2.75, 3.05) is 27.2 Å². The van der Waals surface area contributed by atoms with Gasteiger partial charge in [-0.25, -0.2) is 4.39 Å². The van der Waals surface area contributed by atoms with Gasteiger partial charge in [-0.15, -0.1) is 0 Å². The highest BCUT2D eigenvalue weighted by Crippen LogP contribution is 2.19. The second kappa shape index (κ2) is 7.91. The Bertz CT molecular complexity index is 585. The molecule has 4 nitrogen and oxygen atoms in total. The van der Waals surface area contributed by atoms with Gasteiger partial charge < -0.3 is 15.0 Å². The van der Waals surface area contributed by atoms with Gasteiger partial charge in [-0.05, 0) is 60.8 Å². The van der Waals surface area contributed by atoms with Gasteiger partial charge in [0.1, 0.15) is 11.6 Å². The molecule has 0 saturated heterocycles. The molecule has 2 aromatic rings. The number of halogens is 1. The van der Waals surface area contributed by atoms with E-state index in [-0.39, 0.29) is 24.4 Å². The van der Waals surface area contributed by atoms with Crippen molar-refractivity contribution in [3.63, 3.8) is 0 Å². The molecule has 0 bridgehead atoms. The van der Waals surface area contributed by atoms with Crippen molar-refractivity contribution in [3.05, 3.63) is 52.5 Å². The van der Waals surface area contributed by atoms with Crippen LogP contribution < -0.4 is 10.1 Å². The monoisotopic (exact) mass is 322 g/mol. The lowest BCUT2D eigenvalue weighted by molar-refractivity contribution is -0.123. The normalized spacial score (nSPS) is 12.2. The predicted molar refractivity (Wildman–Crippen MR) is 85.7 cm³/mol. The van der Waals surface area contributed by atoms with Crippen LogP contribution in [0.5, 0.6) is 5.75 Å². The van der Waals surface area contributed by atoms with Crippen molar-refractivity contribution >= 4 is 17.2 Å². The number of nitrogens with zero attached hydrogens (tertiary/aromatic N) is 1. The van der Waals surface area contributed by atoms with Crippen molar-refractivity contribution in [1.82, 2.24) is 10.2 Å². The molecule has 0 radical (unpaired) electrons. The maximum atomic E-state index is 12.8. The Morgan fingerprint density at radius 2 is 2.05 bits per heavy atom. The molecule has 1 aromatic carbocycles. The molecule has 1 unspecified atom stereocenters. The summed E-state index contributed by atoms with van der Waals surface area (Å²) in [4.78, 5) is 13.9. The van der Waals surface area contributed by atoms with Crippen molar-refractivity contribution in [2.45, 2.75) is 6.04 Å². The molecule has 118 valence electrons. The van der Waals surface area contributed by atoms with Crippen molar-refractivity contribution < 1.29 is 13.9 Å². The summed E-state index contributed by atoms with van der Waals surface area (Å²) in [6.07, 6.45) is 0. The quantitative estimate of drug-likeness (QED) is 0.852. The van der Waals surface area contributed by atoms with E-state index < -0.39 is 0 Å². The molecule has 1 N–H and O–H groups in total. The second-order valence-electron chi connectivity index (χ2n) is 5.08. The minimum absolute atomic E-state index is 0.0879. The van der Waals surface area contributed by atoms with Gasteiger partial charge >= 0.3 is 0 Å². The van der Waals surface area contributed by atoms with E-state index in [1.807, 2.05) is 19.5 Å². The first-order valence-electron chi connectivity index (χ1n) is 6.90. The molecule has 1 heterocycles. The number of rotatable bonds is 7. The van der Waals surface area contributed by atoms with Crippen LogP contribution in [0, 0.1) is 5.82 Å². The Balaban J connectivity index is 1.80. The molecule has 1 amide bonds. The molecule has 0 fully saturated rings. The lowest BCUT2D eigenvalue weighted by atomic mass is 10.1. The lowest BCUT2D eigenvalue weighted by Crippen LogP contribution is -2.36. The summed E-state index contributed by atoms with van der Waals surface area (Å²) >= 11 is 1.63. The van der Waals surface area contributed by atoms with Gasteiger partial charge in [0.15, 0.2) is 6.61 Å². The van der Waals surface area contributed by atoms with Gasteiger partial charge in [0.05, 0.1) is 6.04 Å². The first-order valence-corrected chi connectivity index (χ1v) is 7.84. The third-order valence-electron chi connectivity index (χ3n) is 3.23. The van der Waals surface area contributed by atoms with E-state index in [0.717, 1.165) is 0 Å². The van der Waals surface area contributed by atoms with Crippen LogP contribution in [0.4, 0.5) is 4.39 Å². The molecule has 0 spiro atoms.